The minimum Gasteiger partial charge on any atom is -0.366 e. The van der Waals surface area contributed by atoms with Crippen LogP contribution in [0.1, 0.15) is 6.92 Å². The lowest BCUT2D eigenvalue weighted by Gasteiger charge is -2.39. The molecule has 0 radical (unpaired) electrons. The number of nitro groups is 1. The van der Waals surface area contributed by atoms with E-state index in [1.54, 1.807) is 12.3 Å². The van der Waals surface area contributed by atoms with Crippen LogP contribution in [0, 0.1) is 10.1 Å². The van der Waals surface area contributed by atoms with Crippen molar-refractivity contribution in [3.63, 3.8) is 0 Å². The Morgan fingerprint density at radius 2 is 2.25 bits per heavy atom. The lowest BCUT2D eigenvalue weighted by atomic mass is 10.1. The van der Waals surface area contributed by atoms with Gasteiger partial charge in [0.25, 0.3) is 5.69 Å². The molecule has 2 aromatic rings. The quantitative estimate of drug-likeness (QED) is 0.680. The van der Waals surface area contributed by atoms with Gasteiger partial charge < -0.3 is 10.2 Å². The first-order valence-electron chi connectivity index (χ1n) is 6.72. The van der Waals surface area contributed by atoms with Gasteiger partial charge in [-0.15, -0.1) is 0 Å². The SMILES string of the molecule is CCN(c1ccnc2c([N+](=O)[O-])cccc12)C1CNC1. The summed E-state index contributed by atoms with van der Waals surface area (Å²) in [6.07, 6.45) is 1.65. The highest BCUT2D eigenvalue weighted by molar-refractivity contribution is 5.96. The van der Waals surface area contributed by atoms with Crippen molar-refractivity contribution in [3.8, 4) is 0 Å². The van der Waals surface area contributed by atoms with Crippen LogP contribution in [0.5, 0.6) is 0 Å². The molecular formula is C14H16N4O2. The summed E-state index contributed by atoms with van der Waals surface area (Å²) in [5.41, 5.74) is 1.54. The molecule has 0 aliphatic carbocycles. The second-order valence-corrected chi connectivity index (χ2v) is 4.86. The first-order chi connectivity index (χ1) is 9.72. The van der Waals surface area contributed by atoms with Gasteiger partial charge in [-0.1, -0.05) is 12.1 Å². The topological polar surface area (TPSA) is 71.3 Å². The minimum absolute atomic E-state index is 0.0622. The number of nitrogens with zero attached hydrogens (tertiary/aromatic N) is 3. The Balaban J connectivity index is 2.16. The average molecular weight is 272 g/mol. The molecule has 104 valence electrons. The van der Waals surface area contributed by atoms with Gasteiger partial charge in [-0.3, -0.25) is 10.1 Å². The summed E-state index contributed by atoms with van der Waals surface area (Å²) in [6.45, 7) is 4.87. The molecular weight excluding hydrogens is 256 g/mol. The van der Waals surface area contributed by atoms with Gasteiger partial charge in [0.15, 0.2) is 0 Å². The maximum Gasteiger partial charge on any atom is 0.295 e. The second kappa shape index (κ2) is 5.05. The van der Waals surface area contributed by atoms with Crippen molar-refractivity contribution in [2.45, 2.75) is 13.0 Å². The lowest BCUT2D eigenvalue weighted by Crippen LogP contribution is -2.57. The van der Waals surface area contributed by atoms with Gasteiger partial charge in [-0.25, -0.2) is 4.98 Å². The van der Waals surface area contributed by atoms with Crippen LogP contribution in [0.15, 0.2) is 30.5 Å². The molecule has 1 N–H and O–H groups in total. The number of fused-ring (bicyclic) bond motifs is 1. The third-order valence-electron chi connectivity index (χ3n) is 3.77. The Morgan fingerprint density at radius 3 is 2.85 bits per heavy atom. The van der Waals surface area contributed by atoms with Crippen molar-refractivity contribution in [2.75, 3.05) is 24.5 Å². The van der Waals surface area contributed by atoms with E-state index < -0.39 is 0 Å². The Bertz CT molecular complexity index is 655. The monoisotopic (exact) mass is 272 g/mol. The zero-order valence-electron chi connectivity index (χ0n) is 11.2. The fraction of sp³-hybridized carbons (Fsp3) is 0.357. The van der Waals surface area contributed by atoms with Crippen molar-refractivity contribution in [1.82, 2.24) is 10.3 Å². The smallest absolute Gasteiger partial charge is 0.295 e. The molecule has 6 nitrogen and oxygen atoms in total. The van der Waals surface area contributed by atoms with Gasteiger partial charge in [0, 0.05) is 43.0 Å². The average Bonchev–Trinajstić information content (AvgIpc) is 2.41. The number of benzene rings is 1. The van der Waals surface area contributed by atoms with Gasteiger partial charge in [0.1, 0.15) is 5.52 Å². The number of aromatic nitrogens is 1. The largest absolute Gasteiger partial charge is 0.366 e. The highest BCUT2D eigenvalue weighted by atomic mass is 16.6. The fourth-order valence-electron chi connectivity index (χ4n) is 2.66. The van der Waals surface area contributed by atoms with Gasteiger partial charge in [0.2, 0.25) is 0 Å². The molecule has 2 heterocycles. The number of hydrogen-bond donors (Lipinski definition) is 1. The van der Waals surface area contributed by atoms with E-state index in [1.165, 1.54) is 6.07 Å². The number of non-ortho nitro benzene ring substituents is 1. The van der Waals surface area contributed by atoms with E-state index in [0.29, 0.717) is 11.6 Å². The maximum absolute atomic E-state index is 11.1. The Hall–Kier alpha value is -2.21. The number of para-hydroxylation sites is 1. The molecule has 1 aromatic carbocycles. The molecule has 1 aromatic heterocycles. The van der Waals surface area contributed by atoms with Crippen LogP contribution in [0.25, 0.3) is 10.9 Å². The standard InChI is InChI=1S/C14H16N4O2/c1-2-17(10-8-15-9-10)12-6-7-16-14-11(12)4-3-5-13(14)18(19)20/h3-7,10,15H,2,8-9H2,1H3. The van der Waals surface area contributed by atoms with Gasteiger partial charge >= 0.3 is 0 Å². The molecule has 0 atom stereocenters. The van der Waals surface area contributed by atoms with Gasteiger partial charge in [-0.05, 0) is 13.0 Å². The number of nitrogens with one attached hydrogen (secondary N) is 1. The van der Waals surface area contributed by atoms with Crippen molar-refractivity contribution in [2.24, 2.45) is 0 Å². The van der Waals surface area contributed by atoms with Crippen LogP contribution in [-0.2, 0) is 0 Å². The van der Waals surface area contributed by atoms with E-state index in [4.69, 9.17) is 0 Å². The third-order valence-corrected chi connectivity index (χ3v) is 3.77. The Kier molecular flexibility index (Phi) is 3.23. The normalized spacial score (nSPS) is 15.1. The van der Waals surface area contributed by atoms with Crippen LogP contribution in [0.2, 0.25) is 0 Å². The fourth-order valence-corrected chi connectivity index (χ4v) is 2.66. The van der Waals surface area contributed by atoms with Crippen LogP contribution >= 0.6 is 0 Å². The van der Waals surface area contributed by atoms with Crippen molar-refractivity contribution >= 4 is 22.3 Å². The lowest BCUT2D eigenvalue weighted by molar-refractivity contribution is -0.383. The van der Waals surface area contributed by atoms with E-state index in [1.807, 2.05) is 12.1 Å². The van der Waals surface area contributed by atoms with E-state index in [-0.39, 0.29) is 10.6 Å². The number of hydrogen-bond acceptors (Lipinski definition) is 5. The van der Waals surface area contributed by atoms with Crippen LogP contribution in [0.3, 0.4) is 0 Å². The molecule has 0 amide bonds. The van der Waals surface area contributed by atoms with Crippen LogP contribution < -0.4 is 10.2 Å². The number of nitro benzene ring substituents is 1. The first kappa shape index (κ1) is 12.8. The predicted octanol–water partition coefficient (Wildman–Crippen LogP) is 1.94. The Labute approximate surface area is 116 Å². The summed E-state index contributed by atoms with van der Waals surface area (Å²) in [5, 5.41) is 15.2. The van der Waals surface area contributed by atoms with Crippen molar-refractivity contribution < 1.29 is 4.92 Å². The third kappa shape index (κ3) is 1.98. The second-order valence-electron chi connectivity index (χ2n) is 4.86. The maximum atomic E-state index is 11.1. The van der Waals surface area contributed by atoms with E-state index in [0.717, 1.165) is 30.7 Å². The number of rotatable bonds is 4. The van der Waals surface area contributed by atoms with E-state index in [2.05, 4.69) is 22.1 Å². The molecule has 1 fully saturated rings. The highest BCUT2D eigenvalue weighted by Crippen LogP contribution is 2.32. The summed E-state index contributed by atoms with van der Waals surface area (Å²) in [6, 6.07) is 7.51. The van der Waals surface area contributed by atoms with Gasteiger partial charge in [0.05, 0.1) is 11.0 Å². The highest BCUT2D eigenvalue weighted by Gasteiger charge is 2.25. The summed E-state index contributed by atoms with van der Waals surface area (Å²) >= 11 is 0. The first-order valence-corrected chi connectivity index (χ1v) is 6.72. The Morgan fingerprint density at radius 1 is 1.45 bits per heavy atom. The molecule has 0 unspecified atom stereocenters. The summed E-state index contributed by atoms with van der Waals surface area (Å²) in [7, 11) is 0. The van der Waals surface area contributed by atoms with Crippen LogP contribution in [-0.4, -0.2) is 35.6 Å². The van der Waals surface area contributed by atoms with Gasteiger partial charge in [-0.2, -0.15) is 0 Å². The van der Waals surface area contributed by atoms with Crippen molar-refractivity contribution in [3.05, 3.63) is 40.6 Å². The molecule has 1 saturated heterocycles. The molecule has 3 rings (SSSR count). The molecule has 20 heavy (non-hydrogen) atoms. The summed E-state index contributed by atoms with van der Waals surface area (Å²) in [4.78, 5) is 17.2. The molecule has 6 heteroatoms. The molecule has 0 bridgehead atoms. The van der Waals surface area contributed by atoms with E-state index in [9.17, 15) is 10.1 Å². The summed E-state index contributed by atoms with van der Waals surface area (Å²) < 4.78 is 0. The molecule has 0 saturated carbocycles. The number of pyridine rings is 1. The van der Waals surface area contributed by atoms with Crippen LogP contribution in [0.4, 0.5) is 11.4 Å². The predicted molar refractivity (Wildman–Crippen MR) is 78.1 cm³/mol. The minimum atomic E-state index is -0.375. The molecule has 0 spiro atoms. The molecule has 1 aliphatic heterocycles. The van der Waals surface area contributed by atoms with Crippen molar-refractivity contribution in [1.29, 1.82) is 0 Å². The van der Waals surface area contributed by atoms with E-state index >= 15 is 0 Å². The zero-order valence-corrected chi connectivity index (χ0v) is 11.2. The number of anilines is 1. The zero-order chi connectivity index (χ0) is 14.1. The number of likely N-dealkylation sites (N-methyl/N-ethyl adjacent to an activating group) is 1. The molecule has 1 aliphatic rings. The summed E-state index contributed by atoms with van der Waals surface area (Å²) in [5.74, 6) is 0.